The molecule has 9 aliphatic rings. The molecule has 6 saturated heterocycles. The van der Waals surface area contributed by atoms with E-state index in [1.54, 1.807) is 61.4 Å². The largest absolute Gasteiger partial charge is 0.472 e. The quantitative estimate of drug-likeness (QED) is 0.110. The van der Waals surface area contributed by atoms with Crippen molar-refractivity contribution in [2.75, 3.05) is 19.6 Å². The number of aryl methyl sites for hydroxylation is 5. The molecule has 15 heterocycles. The molecule has 24 heteroatoms. The van der Waals surface area contributed by atoms with Gasteiger partial charge in [0.25, 0.3) is 17.7 Å². The van der Waals surface area contributed by atoms with Crippen LogP contribution in [0.5, 0.6) is 17.6 Å². The minimum atomic E-state index is -0.535. The highest BCUT2D eigenvalue weighted by atomic mass is 19.1. The molecule has 0 N–H and O–H groups in total. The summed E-state index contributed by atoms with van der Waals surface area (Å²) in [5.41, 5.74) is 7.26. The van der Waals surface area contributed by atoms with E-state index in [4.69, 9.17) is 14.2 Å². The Balaban J connectivity index is 0.000000129. The Kier molecular flexibility index (Phi) is 18.5. The first-order chi connectivity index (χ1) is 46.0. The molecule has 18 rings (SSSR count). The van der Waals surface area contributed by atoms with Crippen molar-refractivity contribution >= 4 is 17.7 Å². The number of amides is 3. The topological polar surface area (TPSA) is 243 Å². The van der Waals surface area contributed by atoms with Crippen molar-refractivity contribution in [1.82, 2.24) is 74.5 Å². The van der Waals surface area contributed by atoms with Gasteiger partial charge >= 0.3 is 0 Å². The van der Waals surface area contributed by atoms with Gasteiger partial charge in [0.15, 0.2) is 34.9 Å². The van der Waals surface area contributed by atoms with Gasteiger partial charge in [-0.15, -0.1) is 0 Å². The molecular weight excluding hydrogens is 1220 g/mol. The molecule has 0 aromatic carbocycles. The zero-order chi connectivity index (χ0) is 65.9. The summed E-state index contributed by atoms with van der Waals surface area (Å²) in [7, 11) is 0. The number of pyridine rings is 6. The molecule has 3 aliphatic carbocycles. The van der Waals surface area contributed by atoms with E-state index < -0.39 is 17.5 Å². The highest BCUT2D eigenvalue weighted by Gasteiger charge is 2.48. The average Bonchev–Trinajstić information content (AvgIpc) is 0.783. The van der Waals surface area contributed by atoms with Crippen molar-refractivity contribution < 1.29 is 41.8 Å². The number of hydrogen-bond donors (Lipinski definition) is 0. The summed E-state index contributed by atoms with van der Waals surface area (Å²) in [6.45, 7) is 11.7. The van der Waals surface area contributed by atoms with Crippen LogP contribution in [-0.2, 0) is 0 Å². The normalized spacial score (nSPS) is 22.2. The Morgan fingerprint density at radius 1 is 0.411 bits per heavy atom. The van der Waals surface area contributed by atoms with Gasteiger partial charge in [-0.3, -0.25) is 29.3 Å². The second-order valence-electron chi connectivity index (χ2n) is 25.4. The number of halogens is 3. The highest BCUT2D eigenvalue weighted by molar-refractivity contribution is 6.01. The number of carbonyl (C=O) groups excluding carboxylic acids is 3. The molecular formula is C71H70F3N15O6. The molecule has 6 aliphatic heterocycles. The molecule has 486 valence electrons. The van der Waals surface area contributed by atoms with Gasteiger partial charge in [0.2, 0.25) is 17.6 Å². The van der Waals surface area contributed by atoms with Crippen LogP contribution >= 0.6 is 0 Å². The van der Waals surface area contributed by atoms with Gasteiger partial charge in [0.05, 0.1) is 72.0 Å². The van der Waals surface area contributed by atoms with Gasteiger partial charge in [-0.05, 0) is 162 Å². The van der Waals surface area contributed by atoms with E-state index in [0.717, 1.165) is 123 Å². The molecule has 9 aromatic rings. The van der Waals surface area contributed by atoms with Crippen LogP contribution in [-0.4, -0.2) is 148 Å². The number of rotatable bonds is 12. The second-order valence-corrected chi connectivity index (χ2v) is 25.4. The van der Waals surface area contributed by atoms with Gasteiger partial charge in [0.1, 0.15) is 35.4 Å². The van der Waals surface area contributed by atoms with Crippen LogP contribution in [0.15, 0.2) is 135 Å². The van der Waals surface area contributed by atoms with E-state index in [2.05, 4.69) is 59.8 Å². The average molecular weight is 1290 g/mol. The van der Waals surface area contributed by atoms with Crippen LogP contribution in [0.25, 0.3) is 34.3 Å². The zero-order valence-electron chi connectivity index (χ0n) is 53.2. The van der Waals surface area contributed by atoms with Crippen LogP contribution in [0.2, 0.25) is 0 Å². The molecule has 9 unspecified atom stereocenters. The summed E-state index contributed by atoms with van der Waals surface area (Å²) in [5.74, 6) is 1.59. The smallest absolute Gasteiger partial charge is 0.273 e. The number of fused-ring (bicyclic) bond motifs is 9. The second kappa shape index (κ2) is 27.7. The molecule has 9 fully saturated rings. The molecule has 0 spiro atoms. The van der Waals surface area contributed by atoms with Gasteiger partial charge in [0, 0.05) is 75.0 Å². The summed E-state index contributed by atoms with van der Waals surface area (Å²) in [6.07, 6.45) is 25.0. The minimum Gasteiger partial charge on any atom is -0.472 e. The fourth-order valence-corrected chi connectivity index (χ4v) is 13.9. The lowest BCUT2D eigenvalue weighted by Gasteiger charge is -2.49. The lowest BCUT2D eigenvalue weighted by atomic mass is 9.77. The zero-order valence-corrected chi connectivity index (χ0v) is 53.2. The maximum Gasteiger partial charge on any atom is 0.273 e. The van der Waals surface area contributed by atoms with E-state index in [1.165, 1.54) is 0 Å². The highest BCUT2D eigenvalue weighted by Crippen LogP contribution is 2.42. The number of hydrogen-bond acceptors (Lipinski definition) is 18. The summed E-state index contributed by atoms with van der Waals surface area (Å²) in [5, 5.41) is 0. The summed E-state index contributed by atoms with van der Waals surface area (Å²) >= 11 is 0. The molecule has 6 bridgehead atoms. The molecule has 9 atom stereocenters. The molecule has 3 saturated carbocycles. The van der Waals surface area contributed by atoms with Crippen molar-refractivity contribution in [1.29, 1.82) is 0 Å². The monoisotopic (exact) mass is 1290 g/mol. The fourth-order valence-electron chi connectivity index (χ4n) is 13.9. The molecule has 9 aromatic heterocycles. The van der Waals surface area contributed by atoms with Gasteiger partial charge < -0.3 is 28.9 Å². The first-order valence-corrected chi connectivity index (χ1v) is 32.1. The SMILES string of the molecule is Cc1ccc(OC2CC3CCC2N(C(=O)c2cc(C)cnc2-c2ncc(F)cn2)C3)nc1.Cc1ccc(OC2CC3CCC2N(C(=O)c2nccc(C)c2-c2ncc(F)cn2)C3)nc1.Cc1ccc(OC2CC3CCC2N(C(=O)c2ncccc2-c2ncc(F)cn2)C3)nc1. The number of ether oxygens (including phenoxy) is 3. The minimum absolute atomic E-state index is 0.0434. The number of aromatic nitrogens is 12. The number of carbonyl (C=O) groups is 3. The van der Waals surface area contributed by atoms with E-state index in [1.807, 2.05) is 85.7 Å². The van der Waals surface area contributed by atoms with Gasteiger partial charge in [-0.1, -0.05) is 18.2 Å². The standard InChI is InChI=1S/2C24H24FN5O2.C23H22FN5O2/c1-14-3-6-21(26-9-14)32-20-8-16-4-5-19(20)30(13-16)24(31)18-7-15(2)10-27-22(18)23-28-11-17(25)12-29-23;1-14-3-6-20(27-10-14)32-19-9-16-4-5-18(19)30(13-16)24(31)22-21(15(2)7-8-26-22)23-28-11-17(25)12-29-23;1-14-4-7-20(26-10-14)31-19-9-15-5-6-18(19)29(13-15)23(30)21-17(3-2-8-25-21)22-27-11-16(24)12-28-22/h3,6-7,9-12,16,19-20H,4-5,8,13H2,1-2H3;3,6-8,10-12,16,18-19H,4-5,9,13H2,1-2H3;2-4,7-8,10-12,15,18-19H,5-6,9,13H2,1H3. The summed E-state index contributed by atoms with van der Waals surface area (Å²) < 4.78 is 58.6. The van der Waals surface area contributed by atoms with E-state index in [-0.39, 0.29) is 77.2 Å². The number of nitrogens with zero attached hydrogens (tertiary/aromatic N) is 15. The lowest BCUT2D eigenvalue weighted by molar-refractivity contribution is -0.0316. The first-order valence-electron chi connectivity index (χ1n) is 32.1. The molecule has 3 amide bonds. The predicted octanol–water partition coefficient (Wildman–Crippen LogP) is 11.0. The molecule has 95 heavy (non-hydrogen) atoms. The lowest BCUT2D eigenvalue weighted by Crippen LogP contribution is -2.59. The Hall–Kier alpha value is -10.3. The van der Waals surface area contributed by atoms with Crippen LogP contribution in [0.4, 0.5) is 13.2 Å². The van der Waals surface area contributed by atoms with Gasteiger partial charge in [-0.2, -0.15) is 0 Å². The number of piperidine rings is 6. The van der Waals surface area contributed by atoms with E-state index >= 15 is 0 Å². The Morgan fingerprint density at radius 2 is 0.821 bits per heavy atom. The van der Waals surface area contributed by atoms with Crippen molar-refractivity contribution in [3.8, 4) is 51.9 Å². The molecule has 21 nitrogen and oxygen atoms in total. The maximum absolute atomic E-state index is 13.7. The van der Waals surface area contributed by atoms with Crippen molar-refractivity contribution in [2.24, 2.45) is 17.8 Å². The fraction of sp³-hybridized carbons (Fsp3) is 0.366. The molecule has 0 radical (unpaired) electrons. The van der Waals surface area contributed by atoms with Crippen LogP contribution in [0.3, 0.4) is 0 Å². The third-order valence-electron chi connectivity index (χ3n) is 18.6. The summed E-state index contributed by atoms with van der Waals surface area (Å²) in [6, 6.07) is 18.4. The first kappa shape index (κ1) is 63.5. The van der Waals surface area contributed by atoms with E-state index in [0.29, 0.717) is 83.2 Å². The predicted molar refractivity (Wildman–Crippen MR) is 342 cm³/mol. The van der Waals surface area contributed by atoms with Crippen LogP contribution in [0, 0.1) is 69.8 Å². The third kappa shape index (κ3) is 14.2. The van der Waals surface area contributed by atoms with Crippen molar-refractivity contribution in [3.05, 3.63) is 197 Å². The van der Waals surface area contributed by atoms with Crippen molar-refractivity contribution in [3.63, 3.8) is 0 Å². The van der Waals surface area contributed by atoms with Crippen LogP contribution < -0.4 is 14.2 Å². The van der Waals surface area contributed by atoms with Crippen molar-refractivity contribution in [2.45, 2.75) is 129 Å². The maximum atomic E-state index is 13.7. The van der Waals surface area contributed by atoms with Crippen LogP contribution in [0.1, 0.15) is 117 Å². The Morgan fingerprint density at radius 3 is 1.26 bits per heavy atom. The third-order valence-corrected chi connectivity index (χ3v) is 18.6. The van der Waals surface area contributed by atoms with E-state index in [9.17, 15) is 27.6 Å². The Labute approximate surface area is 547 Å². The summed E-state index contributed by atoms with van der Waals surface area (Å²) in [4.78, 5) is 97.2. The Bertz CT molecular complexity index is 4130. The van der Waals surface area contributed by atoms with Gasteiger partial charge in [-0.25, -0.2) is 58.0 Å².